The number of hydrogen-bond acceptors (Lipinski definition) is 2. The van der Waals surface area contributed by atoms with E-state index in [2.05, 4.69) is 53.4 Å². The van der Waals surface area contributed by atoms with Crippen LogP contribution in [-0.4, -0.2) is 37.7 Å². The molecule has 24 heavy (non-hydrogen) atoms. The quantitative estimate of drug-likeness (QED) is 0.846. The van der Waals surface area contributed by atoms with Crippen molar-refractivity contribution in [1.82, 2.24) is 4.90 Å². The average molecular weight is 319 g/mol. The Kier molecular flexibility index (Phi) is 3.50. The SMILES string of the molecule is c1ccc2c(c1)C1CC2(CCCN2CCOCC2)c2ccccc21. The fraction of sp³-hybridized carbons (Fsp3) is 0.455. The molecule has 1 fully saturated rings. The number of morpholine rings is 1. The maximum Gasteiger partial charge on any atom is 0.0594 e. The van der Waals surface area contributed by atoms with Gasteiger partial charge in [-0.25, -0.2) is 0 Å². The molecule has 1 heterocycles. The third kappa shape index (κ3) is 2.09. The summed E-state index contributed by atoms with van der Waals surface area (Å²) in [6, 6.07) is 18.4. The van der Waals surface area contributed by atoms with Crippen molar-refractivity contribution in [3.63, 3.8) is 0 Å². The second-order valence-electron chi connectivity index (χ2n) is 7.57. The van der Waals surface area contributed by atoms with E-state index in [1.54, 1.807) is 22.3 Å². The van der Waals surface area contributed by atoms with E-state index in [1.165, 1.54) is 25.8 Å². The molecule has 3 aliphatic rings. The van der Waals surface area contributed by atoms with Gasteiger partial charge in [0, 0.05) is 24.4 Å². The van der Waals surface area contributed by atoms with E-state index in [9.17, 15) is 0 Å². The highest BCUT2D eigenvalue weighted by Crippen LogP contribution is 2.61. The Bertz CT molecular complexity index is 700. The van der Waals surface area contributed by atoms with Crippen LogP contribution >= 0.6 is 0 Å². The topological polar surface area (TPSA) is 12.5 Å². The Balaban J connectivity index is 1.43. The normalized spacial score (nSPS) is 27.9. The van der Waals surface area contributed by atoms with E-state index in [0.717, 1.165) is 26.3 Å². The first kappa shape index (κ1) is 14.7. The molecular formula is C22H25NO. The lowest BCUT2D eigenvalue weighted by atomic mass is 9.72. The second kappa shape index (κ2) is 5.72. The van der Waals surface area contributed by atoms with Gasteiger partial charge in [0.15, 0.2) is 0 Å². The fourth-order valence-corrected chi connectivity index (χ4v) is 5.37. The number of hydrogen-bond donors (Lipinski definition) is 0. The number of fused-ring (bicyclic) bond motifs is 8. The molecule has 2 bridgehead atoms. The second-order valence-corrected chi connectivity index (χ2v) is 7.57. The molecule has 0 unspecified atom stereocenters. The van der Waals surface area contributed by atoms with Crippen LogP contribution in [0.5, 0.6) is 0 Å². The van der Waals surface area contributed by atoms with E-state index in [1.807, 2.05) is 0 Å². The summed E-state index contributed by atoms with van der Waals surface area (Å²) in [5.41, 5.74) is 6.65. The fourth-order valence-electron chi connectivity index (χ4n) is 5.37. The van der Waals surface area contributed by atoms with Gasteiger partial charge in [-0.3, -0.25) is 4.90 Å². The minimum Gasteiger partial charge on any atom is -0.379 e. The van der Waals surface area contributed by atoms with Gasteiger partial charge in [-0.1, -0.05) is 48.5 Å². The molecule has 0 spiro atoms. The third-order valence-corrected chi connectivity index (χ3v) is 6.44. The summed E-state index contributed by atoms with van der Waals surface area (Å²) in [5, 5.41) is 0. The largest absolute Gasteiger partial charge is 0.379 e. The number of ether oxygens (including phenoxy) is 1. The minimum absolute atomic E-state index is 0.268. The smallest absolute Gasteiger partial charge is 0.0594 e. The summed E-state index contributed by atoms with van der Waals surface area (Å²) in [7, 11) is 0. The Morgan fingerprint density at radius 3 is 2.21 bits per heavy atom. The van der Waals surface area contributed by atoms with Crippen molar-refractivity contribution < 1.29 is 4.74 Å². The molecule has 0 saturated carbocycles. The molecule has 0 aromatic heterocycles. The lowest BCUT2D eigenvalue weighted by Crippen LogP contribution is -2.37. The lowest BCUT2D eigenvalue weighted by Gasteiger charge is -2.33. The van der Waals surface area contributed by atoms with Gasteiger partial charge >= 0.3 is 0 Å². The van der Waals surface area contributed by atoms with Gasteiger partial charge in [0.25, 0.3) is 0 Å². The van der Waals surface area contributed by atoms with Gasteiger partial charge in [0.1, 0.15) is 0 Å². The Hall–Kier alpha value is -1.64. The molecule has 2 nitrogen and oxygen atoms in total. The van der Waals surface area contributed by atoms with Gasteiger partial charge in [-0.05, 0) is 48.1 Å². The number of rotatable bonds is 4. The van der Waals surface area contributed by atoms with Gasteiger partial charge in [-0.15, -0.1) is 0 Å². The first-order valence-electron chi connectivity index (χ1n) is 9.37. The molecule has 0 atom stereocenters. The highest BCUT2D eigenvalue weighted by Gasteiger charge is 2.51. The van der Waals surface area contributed by atoms with Gasteiger partial charge in [-0.2, -0.15) is 0 Å². The van der Waals surface area contributed by atoms with Crippen LogP contribution in [0.2, 0.25) is 0 Å². The van der Waals surface area contributed by atoms with Crippen LogP contribution in [0, 0.1) is 0 Å². The molecule has 2 aromatic carbocycles. The maximum absolute atomic E-state index is 5.48. The van der Waals surface area contributed by atoms with Crippen LogP contribution in [0.4, 0.5) is 0 Å². The van der Waals surface area contributed by atoms with E-state index in [-0.39, 0.29) is 5.41 Å². The summed E-state index contributed by atoms with van der Waals surface area (Å²) in [5.74, 6) is 0.626. The molecule has 1 saturated heterocycles. The monoisotopic (exact) mass is 319 g/mol. The summed E-state index contributed by atoms with van der Waals surface area (Å²) in [6.45, 7) is 5.21. The minimum atomic E-state index is 0.268. The zero-order valence-electron chi connectivity index (χ0n) is 14.2. The lowest BCUT2D eigenvalue weighted by molar-refractivity contribution is 0.0366. The third-order valence-electron chi connectivity index (χ3n) is 6.44. The summed E-state index contributed by atoms with van der Waals surface area (Å²) in [4.78, 5) is 2.57. The Labute approximate surface area is 144 Å². The van der Waals surface area contributed by atoms with E-state index in [4.69, 9.17) is 4.74 Å². The predicted octanol–water partition coefficient (Wildman–Crippen LogP) is 3.93. The van der Waals surface area contributed by atoms with Crippen LogP contribution in [0.3, 0.4) is 0 Å². The highest BCUT2D eigenvalue weighted by molar-refractivity contribution is 5.62. The van der Waals surface area contributed by atoms with Crippen molar-refractivity contribution in [3.8, 4) is 0 Å². The summed E-state index contributed by atoms with van der Waals surface area (Å²) in [6.07, 6.45) is 3.83. The van der Waals surface area contributed by atoms with Gasteiger partial charge in [0.05, 0.1) is 13.2 Å². The molecule has 124 valence electrons. The van der Waals surface area contributed by atoms with Crippen molar-refractivity contribution in [2.45, 2.75) is 30.6 Å². The molecule has 1 aliphatic heterocycles. The van der Waals surface area contributed by atoms with E-state index in [0.29, 0.717) is 5.92 Å². The van der Waals surface area contributed by atoms with Crippen LogP contribution in [0.25, 0.3) is 0 Å². The molecule has 2 aliphatic carbocycles. The van der Waals surface area contributed by atoms with Crippen molar-refractivity contribution in [2.75, 3.05) is 32.8 Å². The van der Waals surface area contributed by atoms with Crippen LogP contribution in [0.15, 0.2) is 48.5 Å². The molecule has 2 aromatic rings. The van der Waals surface area contributed by atoms with Gasteiger partial charge in [0.2, 0.25) is 0 Å². The van der Waals surface area contributed by atoms with Crippen molar-refractivity contribution in [1.29, 1.82) is 0 Å². The number of benzene rings is 2. The molecule has 0 N–H and O–H groups in total. The zero-order valence-corrected chi connectivity index (χ0v) is 14.2. The average Bonchev–Trinajstić information content (AvgIpc) is 3.16. The van der Waals surface area contributed by atoms with Crippen molar-refractivity contribution in [2.24, 2.45) is 0 Å². The molecule has 5 rings (SSSR count). The Morgan fingerprint density at radius 2 is 1.54 bits per heavy atom. The van der Waals surface area contributed by atoms with Crippen molar-refractivity contribution in [3.05, 3.63) is 70.8 Å². The maximum atomic E-state index is 5.48. The molecular weight excluding hydrogens is 294 g/mol. The van der Waals surface area contributed by atoms with Gasteiger partial charge < -0.3 is 4.74 Å². The zero-order chi connectivity index (χ0) is 16.0. The Morgan fingerprint density at radius 1 is 0.917 bits per heavy atom. The van der Waals surface area contributed by atoms with Crippen LogP contribution in [-0.2, 0) is 10.2 Å². The highest BCUT2D eigenvalue weighted by atomic mass is 16.5. The summed E-state index contributed by atoms with van der Waals surface area (Å²) >= 11 is 0. The predicted molar refractivity (Wildman–Crippen MR) is 96.6 cm³/mol. The van der Waals surface area contributed by atoms with Crippen LogP contribution in [0.1, 0.15) is 47.4 Å². The number of nitrogens with zero attached hydrogens (tertiary/aromatic N) is 1. The molecule has 2 heteroatoms. The molecule has 0 radical (unpaired) electrons. The standard InChI is InChI=1S/C22H25NO/c1-3-8-20-17(6-1)19-16-22(20,21-9-4-2-7-18(19)21)10-5-11-23-12-14-24-15-13-23/h1-4,6-9,19H,5,10-16H2. The van der Waals surface area contributed by atoms with E-state index >= 15 is 0 Å². The first-order chi connectivity index (χ1) is 11.9. The van der Waals surface area contributed by atoms with E-state index < -0.39 is 0 Å². The summed E-state index contributed by atoms with van der Waals surface area (Å²) < 4.78 is 5.48. The van der Waals surface area contributed by atoms with Crippen LogP contribution < -0.4 is 0 Å². The van der Waals surface area contributed by atoms with Crippen molar-refractivity contribution >= 4 is 0 Å². The first-order valence-corrected chi connectivity index (χ1v) is 9.37. The molecule has 0 amide bonds.